The number of allylic oxidation sites excluding steroid dienone is 2. The van der Waals surface area contributed by atoms with Gasteiger partial charge in [0.15, 0.2) is 6.17 Å². The van der Waals surface area contributed by atoms with Crippen molar-refractivity contribution in [2.45, 2.75) is 51.1 Å². The molecule has 3 rings (SSSR count). The van der Waals surface area contributed by atoms with Gasteiger partial charge in [-0.1, -0.05) is 6.07 Å². The lowest BCUT2D eigenvalue weighted by Crippen LogP contribution is -2.27. The minimum atomic E-state index is -1.49. The van der Waals surface area contributed by atoms with Gasteiger partial charge < -0.3 is 10.6 Å². The Morgan fingerprint density at radius 2 is 2.28 bits per heavy atom. The largest absolute Gasteiger partial charge is 0.370 e. The fourth-order valence-corrected chi connectivity index (χ4v) is 3.41. The molecular formula is C19H25F2N3O. The molecule has 1 aromatic heterocycles. The summed E-state index contributed by atoms with van der Waals surface area (Å²) in [7, 11) is 0. The van der Waals surface area contributed by atoms with Crippen molar-refractivity contribution >= 4 is 11.7 Å². The lowest BCUT2D eigenvalue weighted by molar-refractivity contribution is -0.121. The number of aryl methyl sites for hydroxylation is 1. The molecule has 1 aliphatic heterocycles. The van der Waals surface area contributed by atoms with Crippen molar-refractivity contribution in [1.29, 1.82) is 0 Å². The van der Waals surface area contributed by atoms with E-state index in [2.05, 4.69) is 21.7 Å². The number of pyridine rings is 1. The molecule has 1 amide bonds. The highest BCUT2D eigenvalue weighted by Gasteiger charge is 2.24. The molecule has 6 heteroatoms. The summed E-state index contributed by atoms with van der Waals surface area (Å²) in [6.45, 7) is 1.50. The number of amides is 1. The maximum Gasteiger partial charge on any atom is 0.220 e. The first-order valence-electron chi connectivity index (χ1n) is 9.11. The maximum atomic E-state index is 13.3. The number of hydrogen-bond acceptors (Lipinski definition) is 3. The van der Waals surface area contributed by atoms with Gasteiger partial charge in [-0.3, -0.25) is 4.79 Å². The number of fused-ring (bicyclic) bond motifs is 1. The Bertz CT molecular complexity index is 648. The summed E-state index contributed by atoms with van der Waals surface area (Å²) in [5.74, 6) is 0.316. The zero-order chi connectivity index (χ0) is 17.6. The molecule has 0 bridgehead atoms. The second kappa shape index (κ2) is 8.41. The Labute approximate surface area is 147 Å². The van der Waals surface area contributed by atoms with Crippen LogP contribution in [0.25, 0.3) is 0 Å². The van der Waals surface area contributed by atoms with Crippen molar-refractivity contribution in [2.75, 3.05) is 18.4 Å². The molecule has 25 heavy (non-hydrogen) atoms. The van der Waals surface area contributed by atoms with Crippen LogP contribution in [-0.4, -0.2) is 30.2 Å². The van der Waals surface area contributed by atoms with Crippen LogP contribution < -0.4 is 10.6 Å². The first-order valence-corrected chi connectivity index (χ1v) is 9.11. The summed E-state index contributed by atoms with van der Waals surface area (Å²) in [4.78, 5) is 16.5. The van der Waals surface area contributed by atoms with Crippen molar-refractivity contribution < 1.29 is 13.6 Å². The molecule has 0 aromatic carbocycles. The highest BCUT2D eigenvalue weighted by atomic mass is 19.2. The van der Waals surface area contributed by atoms with Crippen LogP contribution in [-0.2, 0) is 17.6 Å². The first kappa shape index (κ1) is 17.8. The Morgan fingerprint density at radius 3 is 3.12 bits per heavy atom. The molecular weight excluding hydrogens is 324 g/mol. The molecule has 2 heterocycles. The van der Waals surface area contributed by atoms with E-state index in [0.717, 1.165) is 30.9 Å². The lowest BCUT2D eigenvalue weighted by Gasteiger charge is -2.21. The number of hydrogen-bond donors (Lipinski definition) is 2. The van der Waals surface area contributed by atoms with Crippen LogP contribution in [0.3, 0.4) is 0 Å². The van der Waals surface area contributed by atoms with Crippen LogP contribution in [0.2, 0.25) is 0 Å². The molecule has 2 aliphatic rings. The molecule has 0 saturated carbocycles. The summed E-state index contributed by atoms with van der Waals surface area (Å²) >= 11 is 0. The highest BCUT2D eigenvalue weighted by Crippen LogP contribution is 2.29. The van der Waals surface area contributed by atoms with E-state index >= 15 is 0 Å². The van der Waals surface area contributed by atoms with Gasteiger partial charge in [-0.05, 0) is 55.7 Å². The molecule has 0 fully saturated rings. The number of anilines is 1. The first-order chi connectivity index (χ1) is 12.1. The maximum absolute atomic E-state index is 13.3. The van der Waals surface area contributed by atoms with Crippen LogP contribution >= 0.6 is 0 Å². The second-order valence-corrected chi connectivity index (χ2v) is 6.87. The summed E-state index contributed by atoms with van der Waals surface area (Å²) in [5, 5.41) is 6.19. The SMILES string of the molecule is O=C(CCC1CC=C(F)C(F)C1)NCCc1ccc2c(n1)NCCC2. The van der Waals surface area contributed by atoms with E-state index in [-0.39, 0.29) is 18.2 Å². The molecule has 2 N–H and O–H groups in total. The minimum Gasteiger partial charge on any atom is -0.370 e. The van der Waals surface area contributed by atoms with Crippen LogP contribution in [0.15, 0.2) is 24.0 Å². The standard InChI is InChI=1S/C19H25F2N3O/c20-16-7-3-13(12-17(16)21)4-8-18(25)22-11-9-15-6-5-14-2-1-10-23-19(14)24-15/h5-7,13,17H,1-4,8-12H2,(H,22,25)(H,23,24). The van der Waals surface area contributed by atoms with Gasteiger partial charge in [-0.15, -0.1) is 0 Å². The summed E-state index contributed by atoms with van der Waals surface area (Å²) in [6, 6.07) is 4.12. The quantitative estimate of drug-likeness (QED) is 0.827. The van der Waals surface area contributed by atoms with E-state index in [1.54, 1.807) is 0 Å². The molecule has 2 atom stereocenters. The van der Waals surface area contributed by atoms with Crippen molar-refractivity contribution in [1.82, 2.24) is 10.3 Å². The van der Waals surface area contributed by atoms with Gasteiger partial charge >= 0.3 is 0 Å². The Kier molecular flexibility index (Phi) is 6.00. The number of rotatable bonds is 6. The predicted molar refractivity (Wildman–Crippen MR) is 93.8 cm³/mol. The van der Waals surface area contributed by atoms with Crippen molar-refractivity contribution in [3.05, 3.63) is 35.3 Å². The predicted octanol–water partition coefficient (Wildman–Crippen LogP) is 3.48. The molecule has 4 nitrogen and oxygen atoms in total. The second-order valence-electron chi connectivity index (χ2n) is 6.87. The third kappa shape index (κ3) is 5.00. The number of nitrogens with one attached hydrogen (secondary N) is 2. The molecule has 1 aromatic rings. The third-order valence-electron chi connectivity index (χ3n) is 4.92. The normalized spacial score (nSPS) is 22.6. The van der Waals surface area contributed by atoms with Crippen molar-refractivity contribution in [2.24, 2.45) is 5.92 Å². The van der Waals surface area contributed by atoms with E-state index in [9.17, 15) is 13.6 Å². The monoisotopic (exact) mass is 349 g/mol. The van der Waals surface area contributed by atoms with Gasteiger partial charge in [0, 0.05) is 31.6 Å². The smallest absolute Gasteiger partial charge is 0.220 e. The number of halogens is 2. The molecule has 1 aliphatic carbocycles. The van der Waals surface area contributed by atoms with E-state index < -0.39 is 12.0 Å². The van der Waals surface area contributed by atoms with Crippen LogP contribution in [0.5, 0.6) is 0 Å². The fourth-order valence-electron chi connectivity index (χ4n) is 3.41. The van der Waals surface area contributed by atoms with E-state index in [4.69, 9.17) is 0 Å². The number of nitrogens with zero attached hydrogens (tertiary/aromatic N) is 1. The van der Waals surface area contributed by atoms with Crippen LogP contribution in [0.1, 0.15) is 43.4 Å². The Balaban J connectivity index is 1.37. The minimum absolute atomic E-state index is 0.0403. The number of carbonyl (C=O) groups is 1. The Hall–Kier alpha value is -1.98. The number of carbonyl (C=O) groups excluding carboxylic acids is 1. The summed E-state index contributed by atoms with van der Waals surface area (Å²) in [6.07, 6.45) is 4.35. The topological polar surface area (TPSA) is 54.0 Å². The molecule has 0 saturated heterocycles. The van der Waals surface area contributed by atoms with Crippen molar-refractivity contribution in [3.63, 3.8) is 0 Å². The van der Waals surface area contributed by atoms with E-state index in [1.807, 2.05) is 6.07 Å². The van der Waals surface area contributed by atoms with Gasteiger partial charge in [0.1, 0.15) is 11.6 Å². The van der Waals surface area contributed by atoms with Gasteiger partial charge in [0.25, 0.3) is 0 Å². The van der Waals surface area contributed by atoms with Crippen LogP contribution in [0, 0.1) is 5.92 Å². The zero-order valence-electron chi connectivity index (χ0n) is 14.4. The van der Waals surface area contributed by atoms with Crippen molar-refractivity contribution in [3.8, 4) is 0 Å². The van der Waals surface area contributed by atoms with Gasteiger partial charge in [0.05, 0.1) is 0 Å². The third-order valence-corrected chi connectivity index (χ3v) is 4.92. The average molecular weight is 349 g/mol. The van der Waals surface area contributed by atoms with Gasteiger partial charge in [-0.2, -0.15) is 0 Å². The zero-order valence-corrected chi connectivity index (χ0v) is 14.4. The summed E-state index contributed by atoms with van der Waals surface area (Å²) in [5.41, 5.74) is 2.21. The fraction of sp³-hybridized carbons (Fsp3) is 0.579. The number of aromatic nitrogens is 1. The van der Waals surface area contributed by atoms with E-state index in [0.29, 0.717) is 32.2 Å². The Morgan fingerprint density at radius 1 is 1.40 bits per heavy atom. The highest BCUT2D eigenvalue weighted by molar-refractivity contribution is 5.75. The van der Waals surface area contributed by atoms with Gasteiger partial charge in [-0.25, -0.2) is 13.8 Å². The van der Waals surface area contributed by atoms with E-state index in [1.165, 1.54) is 11.6 Å². The molecule has 2 unspecified atom stereocenters. The average Bonchev–Trinajstić information content (AvgIpc) is 2.62. The molecule has 0 radical (unpaired) electrons. The summed E-state index contributed by atoms with van der Waals surface area (Å²) < 4.78 is 26.3. The number of alkyl halides is 1. The molecule has 0 spiro atoms. The van der Waals surface area contributed by atoms with Gasteiger partial charge in [0.2, 0.25) is 5.91 Å². The van der Waals surface area contributed by atoms with Crippen LogP contribution in [0.4, 0.5) is 14.6 Å². The lowest BCUT2D eigenvalue weighted by atomic mass is 9.88. The molecule has 136 valence electrons.